The second-order valence-corrected chi connectivity index (χ2v) is 6.45. The van der Waals surface area contributed by atoms with Gasteiger partial charge in [0.05, 0.1) is 23.5 Å². The van der Waals surface area contributed by atoms with E-state index in [0.29, 0.717) is 23.7 Å². The van der Waals surface area contributed by atoms with Crippen molar-refractivity contribution in [3.8, 4) is 11.3 Å². The highest BCUT2D eigenvalue weighted by Crippen LogP contribution is 2.33. The number of benzene rings is 1. The van der Waals surface area contributed by atoms with E-state index < -0.39 is 5.82 Å². The number of nitrogens with zero attached hydrogens (tertiary/aromatic N) is 4. The van der Waals surface area contributed by atoms with E-state index in [9.17, 15) is 4.39 Å². The van der Waals surface area contributed by atoms with E-state index in [2.05, 4.69) is 15.5 Å². The summed E-state index contributed by atoms with van der Waals surface area (Å²) in [4.78, 5) is 5.52. The van der Waals surface area contributed by atoms with Crippen molar-refractivity contribution in [2.24, 2.45) is 11.1 Å². The van der Waals surface area contributed by atoms with Gasteiger partial charge in [-0.25, -0.2) is 9.07 Å². The lowest BCUT2D eigenvalue weighted by molar-refractivity contribution is 0.0397. The van der Waals surface area contributed by atoms with Crippen LogP contribution in [0.5, 0.6) is 0 Å². The average Bonchev–Trinajstić information content (AvgIpc) is 3.18. The second-order valence-electron chi connectivity index (χ2n) is 6.05. The van der Waals surface area contributed by atoms with Gasteiger partial charge in [0.2, 0.25) is 0 Å². The first-order valence-electron chi connectivity index (χ1n) is 7.79. The maximum Gasteiger partial charge on any atom is 0.142 e. The fraction of sp³-hybridized carbons (Fsp3) is 0.438. The van der Waals surface area contributed by atoms with Crippen molar-refractivity contribution in [3.63, 3.8) is 0 Å². The van der Waals surface area contributed by atoms with Gasteiger partial charge in [0, 0.05) is 11.5 Å². The fourth-order valence-corrected chi connectivity index (χ4v) is 3.40. The third-order valence-electron chi connectivity index (χ3n) is 4.51. The molecular formula is C16H16ClFN4O. The summed E-state index contributed by atoms with van der Waals surface area (Å²) in [5.74, 6) is -0.0679. The molecule has 0 saturated heterocycles. The summed E-state index contributed by atoms with van der Waals surface area (Å²) in [7, 11) is 0. The summed E-state index contributed by atoms with van der Waals surface area (Å²) in [6.45, 7) is 0.560. The second kappa shape index (κ2) is 5.92. The predicted octanol–water partition coefficient (Wildman–Crippen LogP) is 3.68. The Labute approximate surface area is 138 Å². The van der Waals surface area contributed by atoms with Crippen molar-refractivity contribution in [1.82, 2.24) is 15.0 Å². The van der Waals surface area contributed by atoms with E-state index in [4.69, 9.17) is 16.4 Å². The predicted molar refractivity (Wildman–Crippen MR) is 84.7 cm³/mol. The minimum Gasteiger partial charge on any atom is -0.392 e. The molecule has 1 aromatic carbocycles. The number of hydrogen-bond acceptors (Lipinski definition) is 4. The number of aromatic nitrogens is 3. The first-order chi connectivity index (χ1) is 11.2. The molecular weight excluding hydrogens is 319 g/mol. The largest absolute Gasteiger partial charge is 0.392 e. The highest BCUT2D eigenvalue weighted by molar-refractivity contribution is 6.30. The Morgan fingerprint density at radius 3 is 3.04 bits per heavy atom. The smallest absolute Gasteiger partial charge is 0.142 e. The van der Waals surface area contributed by atoms with Crippen LogP contribution in [-0.2, 0) is 11.4 Å². The topological polar surface area (TPSA) is 52.3 Å². The van der Waals surface area contributed by atoms with Crippen LogP contribution in [0.3, 0.4) is 0 Å². The quantitative estimate of drug-likeness (QED) is 0.860. The molecule has 0 amide bonds. The first-order valence-corrected chi connectivity index (χ1v) is 8.16. The van der Waals surface area contributed by atoms with Crippen LogP contribution in [0.2, 0.25) is 5.02 Å². The van der Waals surface area contributed by atoms with Gasteiger partial charge in [-0.3, -0.25) is 0 Å². The molecule has 2 unspecified atom stereocenters. The number of rotatable bonds is 3. The van der Waals surface area contributed by atoms with E-state index in [1.807, 2.05) is 0 Å². The van der Waals surface area contributed by atoms with Crippen LogP contribution in [0.4, 0.5) is 4.39 Å². The molecule has 1 aromatic heterocycles. The van der Waals surface area contributed by atoms with E-state index in [-0.39, 0.29) is 11.1 Å². The molecule has 4 rings (SSSR count). The molecule has 2 atom stereocenters. The molecule has 1 saturated carbocycles. The van der Waals surface area contributed by atoms with Gasteiger partial charge in [-0.15, -0.1) is 5.10 Å². The molecule has 2 aliphatic rings. The van der Waals surface area contributed by atoms with Gasteiger partial charge in [0.1, 0.15) is 17.6 Å². The highest BCUT2D eigenvalue weighted by atomic mass is 35.5. The maximum absolute atomic E-state index is 13.6. The molecule has 23 heavy (non-hydrogen) atoms. The van der Waals surface area contributed by atoms with E-state index in [0.717, 1.165) is 18.6 Å². The third-order valence-corrected chi connectivity index (χ3v) is 4.82. The van der Waals surface area contributed by atoms with Gasteiger partial charge in [0.25, 0.3) is 0 Å². The molecule has 1 aliphatic carbocycles. The standard InChI is InChI=1S/C16H16ClFN4O/c17-12-6-5-10(7-13(12)18)14-8-22(21-19-14)9-15-11-3-1-2-4-16(11)23-20-15/h5-8,11,16H,1-4,9H2. The van der Waals surface area contributed by atoms with Gasteiger partial charge in [0.15, 0.2) is 0 Å². The van der Waals surface area contributed by atoms with Crippen LogP contribution in [0.1, 0.15) is 25.7 Å². The van der Waals surface area contributed by atoms with Crippen LogP contribution in [0, 0.1) is 11.7 Å². The average molecular weight is 335 g/mol. The third kappa shape index (κ3) is 2.83. The van der Waals surface area contributed by atoms with Crippen molar-refractivity contribution < 1.29 is 9.23 Å². The van der Waals surface area contributed by atoms with Gasteiger partial charge in [-0.2, -0.15) is 0 Å². The Kier molecular flexibility index (Phi) is 3.77. The zero-order valence-electron chi connectivity index (χ0n) is 12.5. The SMILES string of the molecule is Fc1cc(-c2cn(CC3=NOC4CCCCC34)nn2)ccc1Cl. The molecule has 2 heterocycles. The maximum atomic E-state index is 13.6. The molecule has 2 aromatic rings. The van der Waals surface area contributed by atoms with Crippen LogP contribution in [0.15, 0.2) is 29.6 Å². The molecule has 0 bridgehead atoms. The minimum absolute atomic E-state index is 0.0990. The summed E-state index contributed by atoms with van der Waals surface area (Å²) in [5, 5.41) is 12.6. The van der Waals surface area contributed by atoms with Crippen molar-refractivity contribution in [2.45, 2.75) is 38.3 Å². The Morgan fingerprint density at radius 2 is 2.17 bits per heavy atom. The van der Waals surface area contributed by atoms with Crippen LogP contribution >= 0.6 is 11.6 Å². The molecule has 0 N–H and O–H groups in total. The summed E-state index contributed by atoms with van der Waals surface area (Å²) >= 11 is 5.71. The van der Waals surface area contributed by atoms with Crippen molar-refractivity contribution in [3.05, 3.63) is 35.2 Å². The molecule has 7 heteroatoms. The lowest BCUT2D eigenvalue weighted by Gasteiger charge is -2.23. The van der Waals surface area contributed by atoms with Crippen molar-refractivity contribution >= 4 is 17.3 Å². The Balaban J connectivity index is 1.51. The summed E-state index contributed by atoms with van der Waals surface area (Å²) in [5.41, 5.74) is 2.28. The Hall–Kier alpha value is -1.95. The summed E-state index contributed by atoms with van der Waals surface area (Å²) in [6.07, 6.45) is 6.64. The van der Waals surface area contributed by atoms with Crippen molar-refractivity contribution in [2.75, 3.05) is 0 Å². The zero-order valence-corrected chi connectivity index (χ0v) is 13.2. The zero-order chi connectivity index (χ0) is 15.8. The number of halogens is 2. The lowest BCUT2D eigenvalue weighted by Crippen LogP contribution is -2.29. The minimum atomic E-state index is -0.461. The first kappa shape index (κ1) is 14.6. The van der Waals surface area contributed by atoms with Gasteiger partial charge >= 0.3 is 0 Å². The molecule has 5 nitrogen and oxygen atoms in total. The Bertz CT molecular complexity index is 760. The van der Waals surface area contributed by atoms with Crippen LogP contribution < -0.4 is 0 Å². The molecule has 0 radical (unpaired) electrons. The highest BCUT2D eigenvalue weighted by Gasteiger charge is 2.36. The van der Waals surface area contributed by atoms with Gasteiger partial charge in [-0.05, 0) is 31.4 Å². The number of hydrogen-bond donors (Lipinski definition) is 0. The number of fused-ring (bicyclic) bond motifs is 1. The Morgan fingerprint density at radius 1 is 1.30 bits per heavy atom. The van der Waals surface area contributed by atoms with E-state index in [1.54, 1.807) is 16.9 Å². The summed E-state index contributed by atoms with van der Waals surface area (Å²) in [6, 6.07) is 4.62. The fourth-order valence-electron chi connectivity index (χ4n) is 3.28. The molecule has 0 spiro atoms. The molecule has 1 fully saturated rings. The van der Waals surface area contributed by atoms with E-state index in [1.165, 1.54) is 25.0 Å². The van der Waals surface area contributed by atoms with Crippen LogP contribution in [-0.4, -0.2) is 26.8 Å². The normalized spacial score (nSPS) is 23.3. The monoisotopic (exact) mass is 334 g/mol. The van der Waals surface area contributed by atoms with Crippen LogP contribution in [0.25, 0.3) is 11.3 Å². The van der Waals surface area contributed by atoms with E-state index >= 15 is 0 Å². The van der Waals surface area contributed by atoms with Gasteiger partial charge < -0.3 is 4.84 Å². The lowest BCUT2D eigenvalue weighted by atomic mass is 9.84. The number of oxime groups is 1. The van der Waals surface area contributed by atoms with Gasteiger partial charge in [-0.1, -0.05) is 34.5 Å². The molecule has 120 valence electrons. The molecule has 1 aliphatic heterocycles. The summed E-state index contributed by atoms with van der Waals surface area (Å²) < 4.78 is 15.3. The van der Waals surface area contributed by atoms with Crippen molar-refractivity contribution in [1.29, 1.82) is 0 Å².